The Hall–Kier alpha value is -0.980. The average Bonchev–Trinajstić information content (AvgIpc) is 3.57. The monoisotopic (exact) mass is 504 g/mol. The molecule has 2 unspecified atom stereocenters. The molecule has 3 saturated heterocycles. The lowest BCUT2D eigenvalue weighted by atomic mass is 10.1. The summed E-state index contributed by atoms with van der Waals surface area (Å²) in [6.07, 6.45) is 4.06. The summed E-state index contributed by atoms with van der Waals surface area (Å²) in [6, 6.07) is 10.8. The lowest BCUT2D eigenvalue weighted by Gasteiger charge is -2.29. The zero-order chi connectivity index (χ0) is 26.6. The predicted molar refractivity (Wildman–Crippen MR) is 158 cm³/mol. The molecule has 1 aromatic carbocycles. The fraction of sp³-hybridized carbons (Fsp3) is 0.806. The molecule has 2 atom stereocenters. The van der Waals surface area contributed by atoms with Crippen molar-refractivity contribution in [3.63, 3.8) is 0 Å². The number of hydrogen-bond donors (Lipinski definition) is 0. The molecule has 0 N–H and O–H groups in total. The maximum absolute atomic E-state index is 5.37. The minimum Gasteiger partial charge on any atom is -0.379 e. The third-order valence-corrected chi connectivity index (χ3v) is 7.21. The number of rotatable bonds is 9. The molecule has 5 heteroatoms. The van der Waals surface area contributed by atoms with Gasteiger partial charge in [0, 0.05) is 45.8 Å². The van der Waals surface area contributed by atoms with E-state index in [-0.39, 0.29) is 0 Å². The topological polar surface area (TPSA) is 22.2 Å². The molecule has 0 bridgehead atoms. The molecule has 5 nitrogen and oxygen atoms in total. The van der Waals surface area contributed by atoms with E-state index in [9.17, 15) is 0 Å². The predicted octanol–water partition coefficient (Wildman–Crippen LogP) is 5.56. The Labute approximate surface area is 225 Å². The van der Waals surface area contributed by atoms with E-state index in [1.165, 1.54) is 77.2 Å². The first-order valence-corrected chi connectivity index (χ1v) is 15.1. The van der Waals surface area contributed by atoms with E-state index in [1.807, 2.05) is 27.7 Å². The van der Waals surface area contributed by atoms with Crippen LogP contribution in [0.5, 0.6) is 0 Å². The first-order chi connectivity index (χ1) is 17.7. The van der Waals surface area contributed by atoms with Gasteiger partial charge in [0.05, 0.1) is 13.2 Å². The van der Waals surface area contributed by atoms with Crippen LogP contribution >= 0.6 is 0 Å². The van der Waals surface area contributed by atoms with Crippen LogP contribution in [-0.4, -0.2) is 105 Å². The van der Waals surface area contributed by atoms with Gasteiger partial charge in [0.15, 0.2) is 0 Å². The summed E-state index contributed by atoms with van der Waals surface area (Å²) in [5, 5.41) is 0. The van der Waals surface area contributed by atoms with Crippen LogP contribution < -0.4 is 0 Å². The number of ether oxygens (including phenoxy) is 1. The largest absolute Gasteiger partial charge is 0.379 e. The molecule has 0 amide bonds. The highest BCUT2D eigenvalue weighted by molar-refractivity contribution is 5.14. The lowest BCUT2D eigenvalue weighted by molar-refractivity contribution is 0.0312. The first-order valence-electron chi connectivity index (χ1n) is 15.1. The van der Waals surface area contributed by atoms with Crippen molar-refractivity contribution in [3.05, 3.63) is 35.9 Å². The number of nitrogens with zero attached hydrogens (tertiary/aromatic N) is 4. The van der Waals surface area contributed by atoms with Gasteiger partial charge >= 0.3 is 0 Å². The van der Waals surface area contributed by atoms with Crippen LogP contribution in [0.1, 0.15) is 66.4 Å². The third kappa shape index (κ3) is 13.5. The van der Waals surface area contributed by atoms with Crippen LogP contribution in [0.3, 0.4) is 0 Å². The van der Waals surface area contributed by atoms with E-state index in [1.54, 1.807) is 0 Å². The van der Waals surface area contributed by atoms with Crippen LogP contribution in [-0.2, 0) is 11.3 Å². The summed E-state index contributed by atoms with van der Waals surface area (Å²) in [5.74, 6) is 1.78. The van der Waals surface area contributed by atoms with Crippen LogP contribution in [0.15, 0.2) is 30.3 Å². The molecule has 1 aromatic rings. The van der Waals surface area contributed by atoms with Gasteiger partial charge in [-0.2, -0.15) is 0 Å². The highest BCUT2D eigenvalue weighted by Gasteiger charge is 2.24. The summed E-state index contributed by atoms with van der Waals surface area (Å²) in [7, 11) is 2.24. The summed E-state index contributed by atoms with van der Waals surface area (Å²) in [5.41, 5.74) is 1.42. The SMILES string of the molecule is CC.CC.CCCN1CCC(CN2CCOCC2)C1.CCN1CCC(CN(C)Cc2ccccc2)C1. The molecule has 4 rings (SSSR count). The Kier molecular flexibility index (Phi) is 19.3. The fourth-order valence-electron chi connectivity index (χ4n) is 5.48. The summed E-state index contributed by atoms with van der Waals surface area (Å²) in [6.45, 7) is 28.0. The van der Waals surface area contributed by atoms with Crippen molar-refractivity contribution in [2.45, 2.75) is 67.3 Å². The van der Waals surface area contributed by atoms with Gasteiger partial charge in [-0.1, -0.05) is 71.9 Å². The smallest absolute Gasteiger partial charge is 0.0594 e. The van der Waals surface area contributed by atoms with Crippen molar-refractivity contribution in [2.24, 2.45) is 11.8 Å². The van der Waals surface area contributed by atoms with Crippen molar-refractivity contribution < 1.29 is 4.74 Å². The fourth-order valence-corrected chi connectivity index (χ4v) is 5.48. The zero-order valence-electron chi connectivity index (χ0n) is 25.1. The third-order valence-electron chi connectivity index (χ3n) is 7.21. The number of hydrogen-bond acceptors (Lipinski definition) is 5. The standard InChI is InChI=1S/C15H24N2.C12H24N2O.2C2H6/c1-3-17-10-9-15(13-17)12-16(2)11-14-7-5-4-6-8-14;1-2-4-13-5-3-12(10-13)11-14-6-8-15-9-7-14;2*1-2/h4-8,15H,3,9-13H2,1-2H3;12H,2-11H2,1H3;2*1-2H3. The summed E-state index contributed by atoms with van der Waals surface area (Å²) >= 11 is 0. The van der Waals surface area contributed by atoms with Crippen LogP contribution in [0, 0.1) is 11.8 Å². The van der Waals surface area contributed by atoms with E-state index in [4.69, 9.17) is 4.74 Å². The van der Waals surface area contributed by atoms with Crippen molar-refractivity contribution in [1.82, 2.24) is 19.6 Å². The lowest BCUT2D eigenvalue weighted by Crippen LogP contribution is -2.39. The Morgan fingerprint density at radius 2 is 1.42 bits per heavy atom. The highest BCUT2D eigenvalue weighted by atomic mass is 16.5. The van der Waals surface area contributed by atoms with E-state index in [0.29, 0.717) is 0 Å². The van der Waals surface area contributed by atoms with Gasteiger partial charge in [-0.05, 0) is 69.9 Å². The number of likely N-dealkylation sites (tertiary alicyclic amines) is 2. The summed E-state index contributed by atoms with van der Waals surface area (Å²) < 4.78 is 5.37. The molecule has 0 radical (unpaired) electrons. The molecular formula is C31H60N4O. The van der Waals surface area contributed by atoms with Crippen molar-refractivity contribution in [3.8, 4) is 0 Å². The minimum absolute atomic E-state index is 0.865. The Morgan fingerprint density at radius 3 is 2.03 bits per heavy atom. The second kappa shape index (κ2) is 21.0. The Balaban J connectivity index is 0.000000318. The van der Waals surface area contributed by atoms with Gasteiger partial charge in [-0.15, -0.1) is 0 Å². The van der Waals surface area contributed by atoms with Gasteiger partial charge in [0.1, 0.15) is 0 Å². The van der Waals surface area contributed by atoms with Gasteiger partial charge < -0.3 is 19.4 Å². The zero-order valence-corrected chi connectivity index (χ0v) is 25.1. The maximum atomic E-state index is 5.37. The number of morpholine rings is 1. The van der Waals surface area contributed by atoms with E-state index in [0.717, 1.165) is 44.7 Å². The van der Waals surface area contributed by atoms with Gasteiger partial charge in [-0.3, -0.25) is 4.90 Å². The molecule has 0 aliphatic carbocycles. The van der Waals surface area contributed by atoms with Crippen LogP contribution in [0.2, 0.25) is 0 Å². The Bertz CT molecular complexity index is 608. The molecular weight excluding hydrogens is 444 g/mol. The first kappa shape index (κ1) is 33.0. The average molecular weight is 505 g/mol. The molecule has 0 aromatic heterocycles. The normalized spacial score (nSPS) is 22.8. The Morgan fingerprint density at radius 1 is 0.806 bits per heavy atom. The van der Waals surface area contributed by atoms with Gasteiger partial charge in [-0.25, -0.2) is 0 Å². The van der Waals surface area contributed by atoms with Crippen LogP contribution in [0.4, 0.5) is 0 Å². The minimum atomic E-state index is 0.865. The molecule has 210 valence electrons. The molecule has 0 spiro atoms. The van der Waals surface area contributed by atoms with E-state index >= 15 is 0 Å². The van der Waals surface area contributed by atoms with Crippen molar-refractivity contribution in [2.75, 3.05) is 85.7 Å². The van der Waals surface area contributed by atoms with Gasteiger partial charge in [0.25, 0.3) is 0 Å². The molecule has 36 heavy (non-hydrogen) atoms. The van der Waals surface area contributed by atoms with Crippen molar-refractivity contribution >= 4 is 0 Å². The molecule has 3 aliphatic rings. The molecule has 0 saturated carbocycles. The molecule has 3 fully saturated rings. The van der Waals surface area contributed by atoms with E-state index < -0.39 is 0 Å². The number of benzene rings is 1. The second-order valence-corrected chi connectivity index (χ2v) is 10.1. The molecule has 3 heterocycles. The molecule has 3 aliphatic heterocycles. The van der Waals surface area contributed by atoms with Crippen molar-refractivity contribution in [1.29, 1.82) is 0 Å². The highest BCUT2D eigenvalue weighted by Crippen LogP contribution is 2.18. The second-order valence-electron chi connectivity index (χ2n) is 10.1. The van der Waals surface area contributed by atoms with Gasteiger partial charge in [0.2, 0.25) is 0 Å². The summed E-state index contributed by atoms with van der Waals surface area (Å²) in [4.78, 5) is 10.2. The van der Waals surface area contributed by atoms with Crippen LogP contribution in [0.25, 0.3) is 0 Å². The maximum Gasteiger partial charge on any atom is 0.0594 e. The quantitative estimate of drug-likeness (QED) is 0.438. The van der Waals surface area contributed by atoms with E-state index in [2.05, 4.69) is 70.8 Å².